The van der Waals surface area contributed by atoms with Crippen LogP contribution in [0.15, 0.2) is 57.9 Å². The van der Waals surface area contributed by atoms with E-state index >= 15 is 0 Å². The van der Waals surface area contributed by atoms with Crippen molar-refractivity contribution in [2.45, 2.75) is 43.3 Å². The Balaban J connectivity index is 2.67. The molecule has 2 N–H and O–H groups in total. The van der Waals surface area contributed by atoms with Crippen molar-refractivity contribution in [2.24, 2.45) is 5.41 Å². The highest BCUT2D eigenvalue weighted by Crippen LogP contribution is 2.35. The van der Waals surface area contributed by atoms with Gasteiger partial charge in [0.25, 0.3) is 0 Å². The highest BCUT2D eigenvalue weighted by Gasteiger charge is 2.39. The third-order valence-electron chi connectivity index (χ3n) is 4.40. The lowest BCUT2D eigenvalue weighted by atomic mass is 9.86. The number of rotatable bonds is 6. The van der Waals surface area contributed by atoms with E-state index in [1.165, 1.54) is 30.3 Å². The van der Waals surface area contributed by atoms with E-state index in [0.29, 0.717) is 4.47 Å². The molecule has 2 atom stereocenters. The summed E-state index contributed by atoms with van der Waals surface area (Å²) in [6, 6.07) is 8.08. The number of carboxylic acids is 1. The van der Waals surface area contributed by atoms with Crippen LogP contribution in [0.3, 0.4) is 0 Å². The van der Waals surface area contributed by atoms with Crippen LogP contribution < -0.4 is 5.32 Å². The molecule has 0 radical (unpaired) electrons. The monoisotopic (exact) mass is 507 g/mol. The number of nitrogens with one attached hydrogen (secondary N) is 1. The number of carboxylic acid groups (broad SMARTS) is 1. The fourth-order valence-corrected chi connectivity index (χ4v) is 4.72. The van der Waals surface area contributed by atoms with Crippen LogP contribution in [0.2, 0.25) is 0 Å². The second kappa shape index (κ2) is 8.68. The molecule has 0 aliphatic rings. The first-order valence-corrected chi connectivity index (χ1v) is 11.1. The Labute approximate surface area is 181 Å². The van der Waals surface area contributed by atoms with Gasteiger partial charge in [-0.05, 0) is 47.4 Å². The van der Waals surface area contributed by atoms with E-state index in [1.807, 2.05) is 0 Å². The Bertz CT molecular complexity index is 1020. The highest BCUT2D eigenvalue weighted by atomic mass is 79.9. The van der Waals surface area contributed by atoms with Crippen molar-refractivity contribution < 1.29 is 31.5 Å². The topological polar surface area (TPSA) is 83.5 Å². The van der Waals surface area contributed by atoms with Gasteiger partial charge in [0.1, 0.15) is 11.4 Å². The molecular formula is C20H21BrF3NO4S. The van der Waals surface area contributed by atoms with Gasteiger partial charge >= 0.3 is 12.1 Å². The summed E-state index contributed by atoms with van der Waals surface area (Å²) < 4.78 is 66.9. The quantitative estimate of drug-likeness (QED) is 0.572. The van der Waals surface area contributed by atoms with Gasteiger partial charge in [0.05, 0.1) is 10.5 Å². The van der Waals surface area contributed by atoms with E-state index in [0.717, 1.165) is 18.2 Å². The summed E-state index contributed by atoms with van der Waals surface area (Å²) >= 11 is 3.20. The van der Waals surface area contributed by atoms with Gasteiger partial charge in [0, 0.05) is 4.47 Å². The number of sulfone groups is 1. The zero-order valence-corrected chi connectivity index (χ0v) is 18.8. The molecule has 0 saturated carbocycles. The Hall–Kier alpha value is -1.91. The summed E-state index contributed by atoms with van der Waals surface area (Å²) in [5.74, 6) is -1.31. The molecule has 0 spiro atoms. The van der Waals surface area contributed by atoms with Crippen LogP contribution in [0, 0.1) is 5.41 Å². The molecule has 0 bridgehead atoms. The molecular weight excluding hydrogens is 487 g/mol. The second-order valence-electron chi connectivity index (χ2n) is 7.81. The number of hydrogen-bond donors (Lipinski definition) is 2. The molecule has 0 heterocycles. The SMILES string of the molecule is CC(C)(C)C(NC(c1cccc(C(F)(F)F)c1)S(=O)(=O)c1ccc(Br)cc1)C(=O)O. The predicted octanol–water partition coefficient (Wildman–Crippen LogP) is 5.03. The maximum Gasteiger partial charge on any atom is 0.416 e. The first-order chi connectivity index (χ1) is 13.6. The van der Waals surface area contributed by atoms with Gasteiger partial charge in [0.15, 0.2) is 9.84 Å². The van der Waals surface area contributed by atoms with Crippen molar-refractivity contribution in [1.82, 2.24) is 5.32 Å². The Morgan fingerprint density at radius 1 is 1.07 bits per heavy atom. The van der Waals surface area contributed by atoms with Crippen molar-refractivity contribution in [1.29, 1.82) is 0 Å². The van der Waals surface area contributed by atoms with Crippen molar-refractivity contribution in [2.75, 3.05) is 0 Å². The summed E-state index contributed by atoms with van der Waals surface area (Å²) in [5, 5.41) is 10.5. The molecule has 30 heavy (non-hydrogen) atoms. The number of alkyl halides is 3. The molecule has 2 rings (SSSR count). The van der Waals surface area contributed by atoms with Crippen LogP contribution in [-0.4, -0.2) is 25.5 Å². The number of halogens is 4. The molecule has 2 aromatic rings. The number of benzene rings is 2. The summed E-state index contributed by atoms with van der Waals surface area (Å²) in [7, 11) is -4.28. The number of carbonyl (C=O) groups is 1. The third kappa shape index (κ3) is 5.61. The molecule has 0 amide bonds. The van der Waals surface area contributed by atoms with Gasteiger partial charge in [-0.15, -0.1) is 0 Å². The van der Waals surface area contributed by atoms with Gasteiger partial charge in [0.2, 0.25) is 0 Å². The number of hydrogen-bond acceptors (Lipinski definition) is 4. The maximum atomic E-state index is 13.3. The van der Waals surface area contributed by atoms with Gasteiger partial charge in [-0.1, -0.05) is 48.8 Å². The largest absolute Gasteiger partial charge is 0.480 e. The van der Waals surface area contributed by atoms with Crippen LogP contribution in [0.1, 0.15) is 37.3 Å². The first kappa shape index (κ1) is 24.4. The van der Waals surface area contributed by atoms with Crippen molar-refractivity contribution in [3.63, 3.8) is 0 Å². The molecule has 10 heteroatoms. The Kier molecular flexibility index (Phi) is 7.05. The minimum Gasteiger partial charge on any atom is -0.480 e. The third-order valence-corrected chi connectivity index (χ3v) is 6.89. The fraction of sp³-hybridized carbons (Fsp3) is 0.350. The smallest absolute Gasteiger partial charge is 0.416 e. The normalized spacial score (nSPS) is 14.9. The van der Waals surface area contributed by atoms with Crippen molar-refractivity contribution in [3.8, 4) is 0 Å². The summed E-state index contributed by atoms with van der Waals surface area (Å²) in [5.41, 5.74) is -2.15. The van der Waals surface area contributed by atoms with Gasteiger partial charge in [-0.2, -0.15) is 13.2 Å². The lowest BCUT2D eigenvalue weighted by molar-refractivity contribution is -0.142. The molecule has 0 fully saturated rings. The molecule has 5 nitrogen and oxygen atoms in total. The first-order valence-electron chi connectivity index (χ1n) is 8.79. The standard InChI is InChI=1S/C20H21BrF3NO4S/c1-19(2,3)16(18(26)27)25-17(12-5-4-6-13(11-12)20(22,23)24)30(28,29)15-9-7-14(21)8-10-15/h4-11,16-17,25H,1-3H3,(H,26,27). The molecule has 0 aliphatic carbocycles. The van der Waals surface area contributed by atoms with E-state index in [1.54, 1.807) is 20.8 Å². The summed E-state index contributed by atoms with van der Waals surface area (Å²) in [4.78, 5) is 11.6. The summed E-state index contributed by atoms with van der Waals surface area (Å²) in [6.45, 7) is 4.77. The average Bonchev–Trinajstić information content (AvgIpc) is 2.60. The Morgan fingerprint density at radius 3 is 2.10 bits per heavy atom. The van der Waals surface area contributed by atoms with E-state index in [2.05, 4.69) is 21.2 Å². The minimum atomic E-state index is -4.68. The molecule has 0 aliphatic heterocycles. The maximum absolute atomic E-state index is 13.3. The van der Waals surface area contributed by atoms with Crippen LogP contribution in [0.4, 0.5) is 13.2 Å². The van der Waals surface area contributed by atoms with Crippen molar-refractivity contribution in [3.05, 3.63) is 64.1 Å². The molecule has 0 aromatic heterocycles. The zero-order valence-electron chi connectivity index (χ0n) is 16.4. The Morgan fingerprint density at radius 2 is 1.63 bits per heavy atom. The minimum absolute atomic E-state index is 0.154. The predicted molar refractivity (Wildman–Crippen MR) is 110 cm³/mol. The summed E-state index contributed by atoms with van der Waals surface area (Å²) in [6.07, 6.45) is -4.68. The second-order valence-corrected chi connectivity index (χ2v) is 10.8. The van der Waals surface area contributed by atoms with E-state index in [4.69, 9.17) is 0 Å². The van der Waals surface area contributed by atoms with E-state index in [-0.39, 0.29) is 10.5 Å². The van der Waals surface area contributed by atoms with Crippen LogP contribution >= 0.6 is 15.9 Å². The molecule has 0 saturated heterocycles. The fourth-order valence-electron chi connectivity index (χ4n) is 2.85. The average molecular weight is 508 g/mol. The lowest BCUT2D eigenvalue weighted by Crippen LogP contribution is -2.49. The van der Waals surface area contributed by atoms with Crippen LogP contribution in [0.25, 0.3) is 0 Å². The molecule has 164 valence electrons. The number of aliphatic carboxylic acids is 1. The zero-order chi connectivity index (χ0) is 22.9. The van der Waals surface area contributed by atoms with Crippen LogP contribution in [-0.2, 0) is 20.8 Å². The van der Waals surface area contributed by atoms with Gasteiger partial charge in [-0.25, -0.2) is 8.42 Å². The molecule has 2 aromatic carbocycles. The van der Waals surface area contributed by atoms with Gasteiger partial charge < -0.3 is 5.11 Å². The van der Waals surface area contributed by atoms with E-state index in [9.17, 15) is 31.5 Å². The van der Waals surface area contributed by atoms with Crippen LogP contribution in [0.5, 0.6) is 0 Å². The lowest BCUT2D eigenvalue weighted by Gasteiger charge is -2.32. The van der Waals surface area contributed by atoms with Crippen molar-refractivity contribution >= 4 is 31.7 Å². The van der Waals surface area contributed by atoms with Gasteiger partial charge in [-0.3, -0.25) is 10.1 Å². The highest BCUT2D eigenvalue weighted by molar-refractivity contribution is 9.10. The van der Waals surface area contributed by atoms with E-state index < -0.39 is 44.4 Å². The molecule has 2 unspecified atom stereocenters.